The van der Waals surface area contributed by atoms with E-state index in [0.717, 1.165) is 21.5 Å². The Labute approximate surface area is 168 Å². The van der Waals surface area contributed by atoms with Gasteiger partial charge in [0.25, 0.3) is 0 Å². The standard InChI is InChI=1S/C22H8N8/c23-9-15-16(10-24)28-19-17(27-15)13-7-11-3-1-2-4-12(11)8-14(13)18-20(19)30-22-21(29-18)25-5-6-26-22/h1-8H. The summed E-state index contributed by atoms with van der Waals surface area (Å²) in [5.41, 5.74) is 2.69. The van der Waals surface area contributed by atoms with E-state index in [9.17, 15) is 10.5 Å². The number of rotatable bonds is 0. The molecule has 3 heterocycles. The molecule has 8 heteroatoms. The molecule has 0 aliphatic carbocycles. The van der Waals surface area contributed by atoms with Gasteiger partial charge in [-0.25, -0.2) is 29.9 Å². The van der Waals surface area contributed by atoms with Crippen LogP contribution in [0.25, 0.3) is 54.9 Å². The van der Waals surface area contributed by atoms with E-state index < -0.39 is 0 Å². The third-order valence-electron chi connectivity index (χ3n) is 5.05. The van der Waals surface area contributed by atoms with Gasteiger partial charge in [0.2, 0.25) is 0 Å². The molecule has 3 aromatic heterocycles. The van der Waals surface area contributed by atoms with E-state index in [0.29, 0.717) is 33.4 Å². The minimum Gasteiger partial charge on any atom is -0.232 e. The summed E-state index contributed by atoms with van der Waals surface area (Å²) in [5, 5.41) is 22.6. The normalized spacial score (nSPS) is 11.3. The molecule has 0 atom stereocenters. The van der Waals surface area contributed by atoms with Gasteiger partial charge in [-0.1, -0.05) is 24.3 Å². The number of hydrogen-bond donors (Lipinski definition) is 0. The minimum absolute atomic E-state index is 0.0210. The van der Waals surface area contributed by atoms with Gasteiger partial charge in [-0.2, -0.15) is 10.5 Å². The first kappa shape index (κ1) is 16.2. The van der Waals surface area contributed by atoms with Crippen molar-refractivity contribution < 1.29 is 0 Å². The van der Waals surface area contributed by atoms with Gasteiger partial charge in [0.05, 0.1) is 0 Å². The van der Waals surface area contributed by atoms with E-state index in [-0.39, 0.29) is 11.4 Å². The van der Waals surface area contributed by atoms with Crippen LogP contribution in [0.1, 0.15) is 11.4 Å². The molecule has 0 bridgehead atoms. The van der Waals surface area contributed by atoms with Crippen molar-refractivity contribution in [3.05, 3.63) is 60.2 Å². The molecule has 6 rings (SSSR count). The smallest absolute Gasteiger partial charge is 0.198 e. The molecule has 3 aromatic carbocycles. The Morgan fingerprint density at radius 2 is 1.07 bits per heavy atom. The van der Waals surface area contributed by atoms with Crippen LogP contribution >= 0.6 is 0 Å². The lowest BCUT2D eigenvalue weighted by molar-refractivity contribution is 1.19. The average molecular weight is 384 g/mol. The molecule has 0 spiro atoms. The van der Waals surface area contributed by atoms with Crippen LogP contribution in [0, 0.1) is 22.7 Å². The van der Waals surface area contributed by atoms with Gasteiger partial charge in [0.15, 0.2) is 22.7 Å². The Kier molecular flexibility index (Phi) is 3.14. The molecule has 136 valence electrons. The zero-order valence-corrected chi connectivity index (χ0v) is 15.2. The summed E-state index contributed by atoms with van der Waals surface area (Å²) < 4.78 is 0. The van der Waals surface area contributed by atoms with Gasteiger partial charge in [-0.15, -0.1) is 0 Å². The third kappa shape index (κ3) is 2.13. The van der Waals surface area contributed by atoms with Crippen LogP contribution in [0.5, 0.6) is 0 Å². The second kappa shape index (κ2) is 5.84. The van der Waals surface area contributed by atoms with Crippen molar-refractivity contribution in [1.29, 1.82) is 10.5 Å². The quantitative estimate of drug-likeness (QED) is 0.287. The molecule has 0 fully saturated rings. The highest BCUT2D eigenvalue weighted by Crippen LogP contribution is 2.34. The summed E-state index contributed by atoms with van der Waals surface area (Å²) >= 11 is 0. The molecular formula is C22H8N8. The van der Waals surface area contributed by atoms with Crippen molar-refractivity contribution in [3.63, 3.8) is 0 Å². The van der Waals surface area contributed by atoms with Crippen molar-refractivity contribution in [2.24, 2.45) is 0 Å². The van der Waals surface area contributed by atoms with Crippen molar-refractivity contribution in [3.8, 4) is 12.1 Å². The molecule has 6 aromatic rings. The first-order valence-corrected chi connectivity index (χ1v) is 9.02. The summed E-state index contributed by atoms with van der Waals surface area (Å²) in [6, 6.07) is 15.9. The molecule has 0 radical (unpaired) electrons. The first-order chi connectivity index (χ1) is 14.8. The Morgan fingerprint density at radius 3 is 1.63 bits per heavy atom. The molecule has 0 unspecified atom stereocenters. The van der Waals surface area contributed by atoms with Gasteiger partial charge < -0.3 is 0 Å². The fourth-order valence-corrected chi connectivity index (χ4v) is 3.73. The Balaban J connectivity index is 1.96. The van der Waals surface area contributed by atoms with Gasteiger partial charge in [0, 0.05) is 23.2 Å². The van der Waals surface area contributed by atoms with Crippen molar-refractivity contribution in [2.45, 2.75) is 0 Å². The maximum absolute atomic E-state index is 9.46. The van der Waals surface area contributed by atoms with Crippen LogP contribution in [0.2, 0.25) is 0 Å². The van der Waals surface area contributed by atoms with Crippen LogP contribution in [-0.2, 0) is 0 Å². The fraction of sp³-hybridized carbons (Fsp3) is 0. The summed E-state index contributed by atoms with van der Waals surface area (Å²) in [5.74, 6) is 0. The first-order valence-electron chi connectivity index (χ1n) is 9.02. The van der Waals surface area contributed by atoms with Crippen LogP contribution < -0.4 is 0 Å². The Bertz CT molecular complexity index is 1640. The van der Waals surface area contributed by atoms with Gasteiger partial charge in [-0.3, -0.25) is 0 Å². The molecule has 0 aliphatic heterocycles. The zero-order chi connectivity index (χ0) is 20.2. The van der Waals surface area contributed by atoms with Crippen molar-refractivity contribution >= 4 is 54.9 Å². The van der Waals surface area contributed by atoms with Crippen LogP contribution in [0.15, 0.2) is 48.8 Å². The molecule has 30 heavy (non-hydrogen) atoms. The highest BCUT2D eigenvalue weighted by molar-refractivity contribution is 6.23. The van der Waals surface area contributed by atoms with Crippen molar-refractivity contribution in [1.82, 2.24) is 29.9 Å². The minimum atomic E-state index is -0.0486. The number of hydrogen-bond acceptors (Lipinski definition) is 8. The van der Waals surface area contributed by atoms with E-state index in [4.69, 9.17) is 4.98 Å². The molecule has 0 amide bonds. The second-order valence-electron chi connectivity index (χ2n) is 6.71. The monoisotopic (exact) mass is 384 g/mol. The summed E-state index contributed by atoms with van der Waals surface area (Å²) in [6.07, 6.45) is 3.11. The maximum Gasteiger partial charge on any atom is 0.198 e. The molecule has 0 aliphatic rings. The van der Waals surface area contributed by atoms with Crippen LogP contribution in [0.4, 0.5) is 0 Å². The Hall–Kier alpha value is -4.82. The topological polar surface area (TPSA) is 125 Å². The summed E-state index contributed by atoms with van der Waals surface area (Å²) in [4.78, 5) is 26.8. The molecule has 0 saturated heterocycles. The van der Waals surface area contributed by atoms with E-state index >= 15 is 0 Å². The largest absolute Gasteiger partial charge is 0.232 e. The Morgan fingerprint density at radius 1 is 0.600 bits per heavy atom. The van der Waals surface area contributed by atoms with Gasteiger partial charge in [0.1, 0.15) is 34.2 Å². The van der Waals surface area contributed by atoms with Crippen molar-refractivity contribution in [2.75, 3.05) is 0 Å². The number of aromatic nitrogens is 6. The molecule has 0 saturated carbocycles. The average Bonchev–Trinajstić information content (AvgIpc) is 2.81. The van der Waals surface area contributed by atoms with Crippen LogP contribution in [-0.4, -0.2) is 29.9 Å². The highest BCUT2D eigenvalue weighted by Gasteiger charge is 2.18. The predicted octanol–water partition coefficient (Wildman–Crippen LogP) is 3.57. The lowest BCUT2D eigenvalue weighted by atomic mass is 10.0. The third-order valence-corrected chi connectivity index (χ3v) is 5.05. The van der Waals surface area contributed by atoms with E-state index in [1.165, 1.54) is 0 Å². The van der Waals surface area contributed by atoms with E-state index in [1.807, 2.05) is 48.5 Å². The van der Waals surface area contributed by atoms with Gasteiger partial charge >= 0.3 is 0 Å². The lowest BCUT2D eigenvalue weighted by Gasteiger charge is -2.10. The van der Waals surface area contributed by atoms with E-state index in [2.05, 4.69) is 24.9 Å². The second-order valence-corrected chi connectivity index (χ2v) is 6.71. The van der Waals surface area contributed by atoms with Crippen LogP contribution in [0.3, 0.4) is 0 Å². The number of nitriles is 2. The number of nitrogens with zero attached hydrogens (tertiary/aromatic N) is 8. The predicted molar refractivity (Wildman–Crippen MR) is 110 cm³/mol. The summed E-state index contributed by atoms with van der Waals surface area (Å²) in [6.45, 7) is 0. The molecule has 8 nitrogen and oxygen atoms in total. The highest BCUT2D eigenvalue weighted by atomic mass is 15.0. The zero-order valence-electron chi connectivity index (χ0n) is 15.2. The van der Waals surface area contributed by atoms with E-state index in [1.54, 1.807) is 12.4 Å². The molecule has 0 N–H and O–H groups in total. The maximum atomic E-state index is 9.46. The summed E-state index contributed by atoms with van der Waals surface area (Å²) in [7, 11) is 0. The number of fused-ring (bicyclic) bond motifs is 8. The lowest BCUT2D eigenvalue weighted by Crippen LogP contribution is -2.00. The number of benzene rings is 3. The fourth-order valence-electron chi connectivity index (χ4n) is 3.73. The molecular weight excluding hydrogens is 376 g/mol. The van der Waals surface area contributed by atoms with Gasteiger partial charge in [-0.05, 0) is 22.9 Å². The SMILES string of the molecule is N#Cc1nc2c3cc4ccccc4cc3c3nc4nccnc4nc3c2nc1C#N.